The van der Waals surface area contributed by atoms with Crippen molar-refractivity contribution < 1.29 is 4.79 Å². The molecule has 0 N–H and O–H groups in total. The number of likely N-dealkylation sites (N-methyl/N-ethyl adjacent to an activating group) is 2. The van der Waals surface area contributed by atoms with E-state index in [-0.39, 0.29) is 5.91 Å². The molecule has 5 heterocycles. The predicted octanol–water partition coefficient (Wildman–Crippen LogP) is 2.95. The number of amides is 1. The van der Waals surface area contributed by atoms with Gasteiger partial charge in [-0.2, -0.15) is 0 Å². The van der Waals surface area contributed by atoms with Crippen molar-refractivity contribution in [1.29, 1.82) is 0 Å². The molecule has 6 rings (SSSR count). The van der Waals surface area contributed by atoms with E-state index in [4.69, 9.17) is 9.97 Å². The molecule has 2 aliphatic heterocycles. The van der Waals surface area contributed by atoms with E-state index in [0.29, 0.717) is 17.3 Å². The molecule has 35 heavy (non-hydrogen) atoms. The molecule has 182 valence electrons. The summed E-state index contributed by atoms with van der Waals surface area (Å²) in [5.74, 6) is 1.04. The number of pyridine rings is 2. The second-order valence-electron chi connectivity index (χ2n) is 10.2. The highest BCUT2D eigenvalue weighted by Gasteiger charge is 2.30. The molecule has 0 aliphatic carbocycles. The molecular formula is C27H33N7O. The van der Waals surface area contributed by atoms with Crippen molar-refractivity contribution >= 4 is 39.4 Å². The van der Waals surface area contributed by atoms with Gasteiger partial charge < -0.3 is 19.6 Å². The van der Waals surface area contributed by atoms with E-state index in [0.717, 1.165) is 80.0 Å². The first-order chi connectivity index (χ1) is 17.0. The highest BCUT2D eigenvalue weighted by atomic mass is 16.2. The fraction of sp³-hybridized carbons (Fsp3) is 0.444. The van der Waals surface area contributed by atoms with Crippen LogP contribution in [0.4, 0.5) is 5.82 Å². The van der Waals surface area contributed by atoms with Gasteiger partial charge in [-0.05, 0) is 70.9 Å². The zero-order valence-corrected chi connectivity index (χ0v) is 20.8. The van der Waals surface area contributed by atoms with Crippen LogP contribution in [0.5, 0.6) is 0 Å². The third-order valence-corrected chi connectivity index (χ3v) is 7.66. The number of carbonyl (C=O) groups excluding carboxylic acids is 1. The number of carbonyl (C=O) groups is 1. The number of rotatable bonds is 3. The number of imidazole rings is 1. The molecule has 0 saturated carbocycles. The zero-order valence-electron chi connectivity index (χ0n) is 20.8. The molecule has 1 unspecified atom stereocenters. The van der Waals surface area contributed by atoms with Gasteiger partial charge in [0.1, 0.15) is 11.5 Å². The lowest BCUT2D eigenvalue weighted by molar-refractivity contribution is 0.0784. The quantitative estimate of drug-likeness (QED) is 0.458. The van der Waals surface area contributed by atoms with Crippen LogP contribution in [0.1, 0.15) is 23.2 Å². The maximum absolute atomic E-state index is 13.8. The van der Waals surface area contributed by atoms with Crippen molar-refractivity contribution in [2.24, 2.45) is 0 Å². The fourth-order valence-corrected chi connectivity index (χ4v) is 5.51. The molecule has 1 aromatic carbocycles. The first kappa shape index (κ1) is 22.2. The van der Waals surface area contributed by atoms with Crippen molar-refractivity contribution in [2.75, 3.05) is 65.3 Å². The Labute approximate surface area is 205 Å². The molecule has 3 aromatic heterocycles. The van der Waals surface area contributed by atoms with Gasteiger partial charge in [0, 0.05) is 44.2 Å². The van der Waals surface area contributed by atoms with Crippen LogP contribution in [0.2, 0.25) is 0 Å². The number of anilines is 1. The minimum Gasteiger partial charge on any atom is -0.355 e. The van der Waals surface area contributed by atoms with Crippen molar-refractivity contribution in [3.05, 3.63) is 48.0 Å². The van der Waals surface area contributed by atoms with Gasteiger partial charge in [-0.25, -0.2) is 9.97 Å². The largest absolute Gasteiger partial charge is 0.355 e. The Bertz CT molecular complexity index is 1410. The van der Waals surface area contributed by atoms with Gasteiger partial charge in [0.05, 0.1) is 16.6 Å². The molecular weight excluding hydrogens is 438 g/mol. The topological polar surface area (TPSA) is 60.2 Å². The second-order valence-corrected chi connectivity index (χ2v) is 10.2. The first-order valence-electron chi connectivity index (χ1n) is 12.6. The standard InChI is InChI=1S/C27H33N7O/c1-30(2)20-11-14-33(18-20)27(35)21-17-19-9-10-24(32-13-6-12-31(3)15-16-32)29-25(19)34-23-8-5-4-7-22(23)28-26(21)34/h4-5,7-10,17,20H,6,11-16,18H2,1-3H3. The third-order valence-electron chi connectivity index (χ3n) is 7.66. The van der Waals surface area contributed by atoms with Crippen LogP contribution < -0.4 is 4.90 Å². The summed E-state index contributed by atoms with van der Waals surface area (Å²) >= 11 is 0. The molecule has 8 nitrogen and oxygen atoms in total. The van der Waals surface area contributed by atoms with Crippen molar-refractivity contribution in [1.82, 2.24) is 29.1 Å². The summed E-state index contributed by atoms with van der Waals surface area (Å²) in [6.07, 6.45) is 2.12. The van der Waals surface area contributed by atoms with Gasteiger partial charge in [-0.15, -0.1) is 0 Å². The van der Waals surface area contributed by atoms with Gasteiger partial charge in [-0.3, -0.25) is 9.20 Å². The minimum absolute atomic E-state index is 0.0520. The summed E-state index contributed by atoms with van der Waals surface area (Å²) in [6, 6.07) is 14.7. The van der Waals surface area contributed by atoms with Crippen molar-refractivity contribution in [3.8, 4) is 0 Å². The van der Waals surface area contributed by atoms with E-state index in [1.54, 1.807) is 0 Å². The monoisotopic (exact) mass is 471 g/mol. The fourth-order valence-electron chi connectivity index (χ4n) is 5.51. The number of hydrogen-bond donors (Lipinski definition) is 0. The Morgan fingerprint density at radius 1 is 0.971 bits per heavy atom. The number of hydrogen-bond acceptors (Lipinski definition) is 6. The molecule has 2 aliphatic rings. The van der Waals surface area contributed by atoms with E-state index >= 15 is 0 Å². The number of aromatic nitrogens is 3. The lowest BCUT2D eigenvalue weighted by Gasteiger charge is -2.23. The number of likely N-dealkylation sites (tertiary alicyclic amines) is 1. The maximum atomic E-state index is 13.8. The third kappa shape index (κ3) is 3.90. The van der Waals surface area contributed by atoms with Crippen LogP contribution in [-0.2, 0) is 0 Å². The van der Waals surface area contributed by atoms with Crippen LogP contribution in [0.25, 0.3) is 27.7 Å². The Morgan fingerprint density at radius 2 is 1.83 bits per heavy atom. The van der Waals surface area contributed by atoms with Gasteiger partial charge >= 0.3 is 0 Å². The molecule has 2 fully saturated rings. The van der Waals surface area contributed by atoms with E-state index in [9.17, 15) is 4.79 Å². The highest BCUT2D eigenvalue weighted by molar-refractivity contribution is 6.05. The summed E-state index contributed by atoms with van der Waals surface area (Å²) in [7, 11) is 6.34. The van der Waals surface area contributed by atoms with Crippen LogP contribution in [0, 0.1) is 0 Å². The number of para-hydroxylation sites is 2. The van der Waals surface area contributed by atoms with Crippen molar-refractivity contribution in [2.45, 2.75) is 18.9 Å². The molecule has 0 radical (unpaired) electrons. The summed E-state index contributed by atoms with van der Waals surface area (Å²) in [5, 5.41) is 0.961. The molecule has 0 spiro atoms. The molecule has 4 aromatic rings. The maximum Gasteiger partial charge on any atom is 0.257 e. The summed E-state index contributed by atoms with van der Waals surface area (Å²) in [6.45, 7) is 5.61. The van der Waals surface area contributed by atoms with Crippen molar-refractivity contribution in [3.63, 3.8) is 0 Å². The summed E-state index contributed by atoms with van der Waals surface area (Å²) < 4.78 is 2.09. The Kier molecular flexibility index (Phi) is 5.57. The zero-order chi connectivity index (χ0) is 24.1. The summed E-state index contributed by atoms with van der Waals surface area (Å²) in [5.41, 5.74) is 4.06. The van der Waals surface area contributed by atoms with E-state index in [1.165, 1.54) is 0 Å². The number of benzene rings is 1. The predicted molar refractivity (Wildman–Crippen MR) is 140 cm³/mol. The molecule has 0 bridgehead atoms. The average molecular weight is 472 g/mol. The molecule has 1 atom stereocenters. The normalized spacial score (nSPS) is 19.9. The van der Waals surface area contributed by atoms with Crippen LogP contribution in [-0.4, -0.2) is 101 Å². The van der Waals surface area contributed by atoms with Crippen LogP contribution in [0.15, 0.2) is 42.5 Å². The van der Waals surface area contributed by atoms with E-state index < -0.39 is 0 Å². The van der Waals surface area contributed by atoms with Gasteiger partial charge in [0.15, 0.2) is 5.65 Å². The van der Waals surface area contributed by atoms with E-state index in [1.807, 2.05) is 29.2 Å². The average Bonchev–Trinajstić information content (AvgIpc) is 3.45. The first-order valence-corrected chi connectivity index (χ1v) is 12.6. The smallest absolute Gasteiger partial charge is 0.257 e. The highest BCUT2D eigenvalue weighted by Crippen LogP contribution is 2.29. The summed E-state index contributed by atoms with van der Waals surface area (Å²) in [4.78, 5) is 32.8. The molecule has 8 heteroatoms. The number of nitrogens with zero attached hydrogens (tertiary/aromatic N) is 7. The van der Waals surface area contributed by atoms with Crippen LogP contribution >= 0.6 is 0 Å². The lowest BCUT2D eigenvalue weighted by atomic mass is 10.1. The van der Waals surface area contributed by atoms with Gasteiger partial charge in [0.2, 0.25) is 0 Å². The SMILES string of the molecule is CN1CCCN(c2ccc3cc(C(=O)N4CCC(N(C)C)C4)c4nc5ccccc5n4c3n2)CC1. The second kappa shape index (κ2) is 8.77. The van der Waals surface area contributed by atoms with E-state index in [2.05, 4.69) is 58.4 Å². The number of fused-ring (bicyclic) bond motifs is 5. The van der Waals surface area contributed by atoms with Gasteiger partial charge in [0.25, 0.3) is 5.91 Å². The van der Waals surface area contributed by atoms with Crippen LogP contribution in [0.3, 0.4) is 0 Å². The molecule has 1 amide bonds. The van der Waals surface area contributed by atoms with Gasteiger partial charge in [-0.1, -0.05) is 12.1 Å². The lowest BCUT2D eigenvalue weighted by Crippen LogP contribution is -2.34. The minimum atomic E-state index is 0.0520. The Morgan fingerprint density at radius 3 is 2.66 bits per heavy atom. The Balaban J connectivity index is 1.49. The molecule has 2 saturated heterocycles. The Hall–Kier alpha value is -3.23.